The van der Waals surface area contributed by atoms with Crippen molar-refractivity contribution in [2.75, 3.05) is 11.4 Å². The van der Waals surface area contributed by atoms with Crippen LogP contribution in [0.3, 0.4) is 0 Å². The highest BCUT2D eigenvalue weighted by atomic mass is 16.5. The van der Waals surface area contributed by atoms with E-state index in [1.54, 1.807) is 36.1 Å². The van der Waals surface area contributed by atoms with E-state index in [0.717, 1.165) is 5.56 Å². The molecule has 0 radical (unpaired) electrons. The lowest BCUT2D eigenvalue weighted by Gasteiger charge is -2.21. The molecule has 0 atom stereocenters. The van der Waals surface area contributed by atoms with Crippen LogP contribution >= 0.6 is 0 Å². The smallest absolute Gasteiger partial charge is 0.335 e. The molecule has 1 aromatic carbocycles. The molecule has 1 heterocycles. The second-order valence-electron chi connectivity index (χ2n) is 4.87. The molecule has 0 amide bonds. The lowest BCUT2D eigenvalue weighted by molar-refractivity contribution is -0.136. The van der Waals surface area contributed by atoms with E-state index in [2.05, 4.69) is 5.16 Å². The first-order chi connectivity index (χ1) is 10.5. The molecule has 1 aromatic heterocycles. The number of hydrogen-bond acceptors (Lipinski definition) is 5. The van der Waals surface area contributed by atoms with Crippen molar-refractivity contribution in [2.45, 2.75) is 19.9 Å². The number of benzene rings is 1. The van der Waals surface area contributed by atoms with E-state index in [1.165, 1.54) is 6.07 Å². The molecule has 0 bridgehead atoms. The fourth-order valence-corrected chi connectivity index (χ4v) is 2.03. The number of carbonyl (C=O) groups is 2. The summed E-state index contributed by atoms with van der Waals surface area (Å²) in [6, 6.07) is 8.22. The normalized spacial score (nSPS) is 10.4. The Hall–Kier alpha value is -2.83. The molecule has 0 aliphatic carbocycles. The highest BCUT2D eigenvalue weighted by Gasteiger charge is 2.14. The Balaban J connectivity index is 2.20. The van der Waals surface area contributed by atoms with E-state index >= 15 is 0 Å². The van der Waals surface area contributed by atoms with E-state index in [9.17, 15) is 9.59 Å². The maximum atomic E-state index is 11.0. The van der Waals surface area contributed by atoms with Gasteiger partial charge in [-0.1, -0.05) is 17.3 Å². The first kappa shape index (κ1) is 15.6. The largest absolute Gasteiger partial charge is 0.481 e. The quantitative estimate of drug-likeness (QED) is 0.807. The third-order valence-electron chi connectivity index (χ3n) is 3.08. The molecule has 0 spiro atoms. The van der Waals surface area contributed by atoms with Crippen LogP contribution in [-0.2, 0) is 11.3 Å². The predicted molar refractivity (Wildman–Crippen MR) is 77.9 cm³/mol. The summed E-state index contributed by atoms with van der Waals surface area (Å²) in [7, 11) is 0. The van der Waals surface area contributed by atoms with Crippen molar-refractivity contribution in [1.82, 2.24) is 5.16 Å². The number of aryl methyl sites for hydroxylation is 1. The van der Waals surface area contributed by atoms with Crippen LogP contribution in [0.25, 0.3) is 0 Å². The summed E-state index contributed by atoms with van der Waals surface area (Å²) in [4.78, 5) is 23.5. The standard InChI is InChI=1S/C15H16N2O5/c1-10-7-13(16-22-10)17(6-5-14(18)19)9-11-3-2-4-12(8-11)15(20)21/h2-4,7-8H,5-6,9H2,1H3,(H,18,19)(H,20,21). The number of carboxylic acids is 2. The minimum Gasteiger partial charge on any atom is -0.481 e. The van der Waals surface area contributed by atoms with Crippen LogP contribution in [0, 0.1) is 6.92 Å². The molecule has 0 aliphatic heterocycles. The molecule has 116 valence electrons. The summed E-state index contributed by atoms with van der Waals surface area (Å²) in [6.07, 6.45) is -0.0511. The second kappa shape index (κ2) is 6.75. The molecular formula is C15H16N2O5. The zero-order valence-electron chi connectivity index (χ0n) is 12.0. The lowest BCUT2D eigenvalue weighted by Crippen LogP contribution is -2.26. The van der Waals surface area contributed by atoms with Crippen molar-refractivity contribution in [3.05, 3.63) is 47.2 Å². The number of rotatable bonds is 7. The van der Waals surface area contributed by atoms with Crippen LogP contribution in [0.15, 0.2) is 34.9 Å². The van der Waals surface area contributed by atoms with Gasteiger partial charge in [0.25, 0.3) is 0 Å². The average molecular weight is 304 g/mol. The summed E-state index contributed by atoms with van der Waals surface area (Å²) in [5.74, 6) is -0.769. The molecule has 0 unspecified atom stereocenters. The summed E-state index contributed by atoms with van der Waals surface area (Å²) < 4.78 is 5.02. The van der Waals surface area contributed by atoms with Gasteiger partial charge >= 0.3 is 11.9 Å². The zero-order valence-corrected chi connectivity index (χ0v) is 12.0. The Bertz CT molecular complexity index is 680. The molecule has 22 heavy (non-hydrogen) atoms. The minimum atomic E-state index is -1.00. The zero-order chi connectivity index (χ0) is 16.1. The lowest BCUT2D eigenvalue weighted by atomic mass is 10.1. The maximum Gasteiger partial charge on any atom is 0.335 e. The van der Waals surface area contributed by atoms with Crippen molar-refractivity contribution in [3.8, 4) is 0 Å². The molecule has 0 aliphatic rings. The Kier molecular flexibility index (Phi) is 4.77. The number of hydrogen-bond donors (Lipinski definition) is 2. The Morgan fingerprint density at radius 2 is 2.05 bits per heavy atom. The van der Waals surface area contributed by atoms with Crippen LogP contribution in [0.2, 0.25) is 0 Å². The van der Waals surface area contributed by atoms with Crippen molar-refractivity contribution < 1.29 is 24.3 Å². The topological polar surface area (TPSA) is 104 Å². The number of aromatic nitrogens is 1. The molecule has 0 saturated heterocycles. The van der Waals surface area contributed by atoms with Crippen molar-refractivity contribution in [2.24, 2.45) is 0 Å². The van der Waals surface area contributed by atoms with Gasteiger partial charge in [-0.05, 0) is 24.6 Å². The number of carboxylic acid groups (broad SMARTS) is 2. The summed E-state index contributed by atoms with van der Waals surface area (Å²) >= 11 is 0. The molecule has 7 heteroatoms. The third-order valence-corrected chi connectivity index (χ3v) is 3.08. The van der Waals surface area contributed by atoms with Crippen LogP contribution in [0.5, 0.6) is 0 Å². The number of aromatic carboxylic acids is 1. The fourth-order valence-electron chi connectivity index (χ4n) is 2.03. The van der Waals surface area contributed by atoms with Crippen molar-refractivity contribution in [3.63, 3.8) is 0 Å². The molecule has 0 saturated carbocycles. The molecule has 2 rings (SSSR count). The van der Waals surface area contributed by atoms with Gasteiger partial charge < -0.3 is 19.6 Å². The summed E-state index contributed by atoms with van der Waals surface area (Å²) in [5, 5.41) is 21.8. The van der Waals surface area contributed by atoms with E-state index in [4.69, 9.17) is 14.7 Å². The molecule has 2 aromatic rings. The molecule has 2 N–H and O–H groups in total. The van der Waals surface area contributed by atoms with Gasteiger partial charge in [0.15, 0.2) is 5.82 Å². The number of anilines is 1. The number of nitrogens with zero attached hydrogens (tertiary/aromatic N) is 2. The SMILES string of the molecule is Cc1cc(N(CCC(=O)O)Cc2cccc(C(=O)O)c2)no1. The molecule has 0 fully saturated rings. The third kappa shape index (κ3) is 4.08. The first-order valence-corrected chi connectivity index (χ1v) is 6.68. The van der Waals surface area contributed by atoms with Gasteiger partial charge in [-0.15, -0.1) is 0 Å². The highest BCUT2D eigenvalue weighted by molar-refractivity contribution is 5.87. The van der Waals surface area contributed by atoms with Gasteiger partial charge in [0.05, 0.1) is 12.0 Å². The molecular weight excluding hydrogens is 288 g/mol. The first-order valence-electron chi connectivity index (χ1n) is 6.68. The van der Waals surface area contributed by atoms with Crippen LogP contribution < -0.4 is 4.90 Å². The Morgan fingerprint density at radius 1 is 1.27 bits per heavy atom. The fraction of sp³-hybridized carbons (Fsp3) is 0.267. The summed E-state index contributed by atoms with van der Waals surface area (Å²) in [6.45, 7) is 2.34. The van der Waals surface area contributed by atoms with Gasteiger partial charge in [0.1, 0.15) is 5.76 Å². The highest BCUT2D eigenvalue weighted by Crippen LogP contribution is 2.18. The second-order valence-corrected chi connectivity index (χ2v) is 4.87. The average Bonchev–Trinajstić information content (AvgIpc) is 2.90. The predicted octanol–water partition coefficient (Wildman–Crippen LogP) is 2.16. The molecule has 7 nitrogen and oxygen atoms in total. The van der Waals surface area contributed by atoms with Gasteiger partial charge in [-0.25, -0.2) is 4.79 Å². The van der Waals surface area contributed by atoms with Gasteiger partial charge in [0, 0.05) is 19.2 Å². The van der Waals surface area contributed by atoms with Gasteiger partial charge in [-0.3, -0.25) is 4.79 Å². The van der Waals surface area contributed by atoms with Crippen molar-refractivity contribution >= 4 is 17.8 Å². The van der Waals surface area contributed by atoms with E-state index in [-0.39, 0.29) is 18.5 Å². The van der Waals surface area contributed by atoms with E-state index < -0.39 is 11.9 Å². The monoisotopic (exact) mass is 304 g/mol. The van der Waals surface area contributed by atoms with E-state index in [1.807, 2.05) is 0 Å². The summed E-state index contributed by atoms with van der Waals surface area (Å²) in [5.41, 5.74) is 0.943. The van der Waals surface area contributed by atoms with Crippen molar-refractivity contribution in [1.29, 1.82) is 0 Å². The van der Waals surface area contributed by atoms with Gasteiger partial charge in [0.2, 0.25) is 0 Å². The van der Waals surface area contributed by atoms with E-state index in [0.29, 0.717) is 18.1 Å². The minimum absolute atomic E-state index is 0.0511. The Morgan fingerprint density at radius 3 is 2.64 bits per heavy atom. The number of aliphatic carboxylic acids is 1. The Labute approximate surface area is 126 Å². The van der Waals surface area contributed by atoms with Crippen LogP contribution in [-0.4, -0.2) is 33.9 Å². The van der Waals surface area contributed by atoms with Crippen LogP contribution in [0.1, 0.15) is 28.1 Å². The van der Waals surface area contributed by atoms with Crippen LogP contribution in [0.4, 0.5) is 5.82 Å². The maximum absolute atomic E-state index is 11.0. The van der Waals surface area contributed by atoms with Gasteiger partial charge in [-0.2, -0.15) is 0 Å².